The van der Waals surface area contributed by atoms with E-state index in [1.807, 2.05) is 0 Å². The first-order chi connectivity index (χ1) is 11.0. The first kappa shape index (κ1) is 18.5. The number of carbonyl (C=O) groups is 2. The van der Waals surface area contributed by atoms with Gasteiger partial charge in [-0.3, -0.25) is 9.59 Å². The Bertz CT molecular complexity index is 584. The Morgan fingerprint density at radius 1 is 1.13 bits per heavy atom. The van der Waals surface area contributed by atoms with Crippen molar-refractivity contribution in [2.45, 2.75) is 6.92 Å². The second-order valence-corrected chi connectivity index (χ2v) is 4.60. The lowest BCUT2D eigenvalue weighted by molar-refractivity contribution is -0.122. The molecule has 126 valence electrons. The molecule has 0 atom stereocenters. The van der Waals surface area contributed by atoms with Crippen molar-refractivity contribution < 1.29 is 23.8 Å². The highest BCUT2D eigenvalue weighted by Crippen LogP contribution is 2.28. The number of ether oxygens (including phenoxy) is 3. The Balaban J connectivity index is 3.03. The SMILES string of the molecule is COCCNC(=O)/C(=C\c1ccc(OC)c(OC)c1)NC(C)=O. The topological polar surface area (TPSA) is 85.9 Å². The zero-order valence-corrected chi connectivity index (χ0v) is 13.8. The van der Waals surface area contributed by atoms with Gasteiger partial charge in [0.1, 0.15) is 5.70 Å². The summed E-state index contributed by atoms with van der Waals surface area (Å²) in [5.74, 6) is 0.379. The van der Waals surface area contributed by atoms with E-state index < -0.39 is 5.91 Å². The molecular formula is C16H22N2O5. The predicted molar refractivity (Wildman–Crippen MR) is 86.2 cm³/mol. The molecule has 2 N–H and O–H groups in total. The summed E-state index contributed by atoms with van der Waals surface area (Å²) in [6.07, 6.45) is 1.56. The van der Waals surface area contributed by atoms with Gasteiger partial charge < -0.3 is 24.8 Å². The van der Waals surface area contributed by atoms with Crippen LogP contribution in [0.4, 0.5) is 0 Å². The number of rotatable bonds is 8. The second-order valence-electron chi connectivity index (χ2n) is 4.60. The summed E-state index contributed by atoms with van der Waals surface area (Å²) in [6.45, 7) is 2.07. The minimum absolute atomic E-state index is 0.140. The van der Waals surface area contributed by atoms with Gasteiger partial charge in [-0.2, -0.15) is 0 Å². The summed E-state index contributed by atoms with van der Waals surface area (Å²) < 4.78 is 15.3. The molecule has 0 aliphatic rings. The Kier molecular flexibility index (Phi) is 7.62. The first-order valence-corrected chi connectivity index (χ1v) is 7.00. The van der Waals surface area contributed by atoms with Gasteiger partial charge in [0, 0.05) is 20.6 Å². The highest BCUT2D eigenvalue weighted by atomic mass is 16.5. The lowest BCUT2D eigenvalue weighted by Gasteiger charge is -2.11. The minimum atomic E-state index is -0.396. The smallest absolute Gasteiger partial charge is 0.267 e. The lowest BCUT2D eigenvalue weighted by Crippen LogP contribution is -2.35. The fraction of sp³-hybridized carbons (Fsp3) is 0.375. The summed E-state index contributed by atoms with van der Waals surface area (Å²) >= 11 is 0. The Labute approximate surface area is 135 Å². The lowest BCUT2D eigenvalue weighted by atomic mass is 10.1. The van der Waals surface area contributed by atoms with E-state index in [1.165, 1.54) is 14.0 Å². The standard InChI is InChI=1S/C16H22N2O5/c1-11(19)18-13(16(20)17-7-8-21-2)9-12-5-6-14(22-3)15(10-12)23-4/h5-6,9-10H,7-8H2,1-4H3,(H,17,20)(H,18,19)/b13-9+. The van der Waals surface area contributed by atoms with Gasteiger partial charge in [0.05, 0.1) is 20.8 Å². The van der Waals surface area contributed by atoms with Crippen molar-refractivity contribution in [1.82, 2.24) is 10.6 Å². The van der Waals surface area contributed by atoms with Gasteiger partial charge in [0.2, 0.25) is 5.91 Å². The van der Waals surface area contributed by atoms with E-state index in [0.717, 1.165) is 0 Å². The van der Waals surface area contributed by atoms with E-state index in [4.69, 9.17) is 14.2 Å². The second kappa shape index (κ2) is 9.47. The summed E-state index contributed by atoms with van der Waals surface area (Å²) in [4.78, 5) is 23.4. The van der Waals surface area contributed by atoms with E-state index in [0.29, 0.717) is 30.2 Å². The van der Waals surface area contributed by atoms with Gasteiger partial charge >= 0.3 is 0 Å². The molecule has 0 aliphatic heterocycles. The number of amides is 2. The van der Waals surface area contributed by atoms with Crippen LogP contribution in [0.5, 0.6) is 11.5 Å². The van der Waals surface area contributed by atoms with Crippen LogP contribution in [0, 0.1) is 0 Å². The number of carbonyl (C=O) groups excluding carboxylic acids is 2. The van der Waals surface area contributed by atoms with Crippen molar-refractivity contribution in [3.8, 4) is 11.5 Å². The number of hydrogen-bond donors (Lipinski definition) is 2. The van der Waals surface area contributed by atoms with Gasteiger partial charge in [-0.15, -0.1) is 0 Å². The monoisotopic (exact) mass is 322 g/mol. The summed E-state index contributed by atoms with van der Waals surface area (Å²) in [7, 11) is 4.61. The molecule has 1 aromatic carbocycles. The Hall–Kier alpha value is -2.54. The van der Waals surface area contributed by atoms with Gasteiger partial charge in [-0.25, -0.2) is 0 Å². The highest BCUT2D eigenvalue weighted by molar-refractivity contribution is 6.00. The van der Waals surface area contributed by atoms with Crippen molar-refractivity contribution in [2.24, 2.45) is 0 Å². The maximum absolute atomic E-state index is 12.1. The largest absolute Gasteiger partial charge is 0.493 e. The minimum Gasteiger partial charge on any atom is -0.493 e. The molecule has 0 bridgehead atoms. The van der Waals surface area contributed by atoms with Crippen LogP contribution >= 0.6 is 0 Å². The van der Waals surface area contributed by atoms with Gasteiger partial charge in [-0.1, -0.05) is 6.07 Å². The van der Waals surface area contributed by atoms with E-state index in [9.17, 15) is 9.59 Å². The van der Waals surface area contributed by atoms with Crippen molar-refractivity contribution in [2.75, 3.05) is 34.5 Å². The van der Waals surface area contributed by atoms with Crippen LogP contribution in [0.1, 0.15) is 12.5 Å². The van der Waals surface area contributed by atoms with Gasteiger partial charge in [0.15, 0.2) is 11.5 Å². The van der Waals surface area contributed by atoms with Crippen LogP contribution in [0.3, 0.4) is 0 Å². The third kappa shape index (κ3) is 5.99. The molecule has 7 heteroatoms. The molecule has 0 spiro atoms. The van der Waals surface area contributed by atoms with Crippen LogP contribution in [0.15, 0.2) is 23.9 Å². The Morgan fingerprint density at radius 3 is 2.39 bits per heavy atom. The average Bonchev–Trinajstić information content (AvgIpc) is 2.53. The first-order valence-electron chi connectivity index (χ1n) is 7.00. The molecule has 0 aromatic heterocycles. The number of nitrogens with one attached hydrogen (secondary N) is 2. The molecule has 0 fully saturated rings. The fourth-order valence-corrected chi connectivity index (χ4v) is 1.82. The van der Waals surface area contributed by atoms with E-state index in [2.05, 4.69) is 10.6 Å². The highest BCUT2D eigenvalue weighted by Gasteiger charge is 2.11. The van der Waals surface area contributed by atoms with Crippen LogP contribution in [0.2, 0.25) is 0 Å². The molecule has 0 saturated heterocycles. The van der Waals surface area contributed by atoms with Crippen LogP contribution in [0.25, 0.3) is 6.08 Å². The molecule has 7 nitrogen and oxygen atoms in total. The number of hydrogen-bond acceptors (Lipinski definition) is 5. The summed E-state index contributed by atoms with van der Waals surface area (Å²) in [5.41, 5.74) is 0.828. The van der Waals surface area contributed by atoms with Gasteiger partial charge in [-0.05, 0) is 23.8 Å². The zero-order valence-electron chi connectivity index (χ0n) is 13.8. The maximum Gasteiger partial charge on any atom is 0.267 e. The molecule has 0 unspecified atom stereocenters. The third-order valence-electron chi connectivity index (χ3n) is 2.87. The molecule has 0 radical (unpaired) electrons. The molecular weight excluding hydrogens is 300 g/mol. The van der Waals surface area contributed by atoms with Crippen molar-refractivity contribution >= 4 is 17.9 Å². The molecule has 0 aliphatic carbocycles. The normalized spacial score (nSPS) is 10.9. The fourth-order valence-electron chi connectivity index (χ4n) is 1.82. The van der Waals surface area contributed by atoms with Crippen molar-refractivity contribution in [3.05, 3.63) is 29.5 Å². The number of benzene rings is 1. The average molecular weight is 322 g/mol. The van der Waals surface area contributed by atoms with Crippen LogP contribution < -0.4 is 20.1 Å². The van der Waals surface area contributed by atoms with E-state index in [1.54, 1.807) is 38.5 Å². The maximum atomic E-state index is 12.1. The predicted octanol–water partition coefficient (Wildman–Crippen LogP) is 0.943. The third-order valence-corrected chi connectivity index (χ3v) is 2.87. The summed E-state index contributed by atoms with van der Waals surface area (Å²) in [5, 5.41) is 5.18. The van der Waals surface area contributed by atoms with Crippen molar-refractivity contribution in [1.29, 1.82) is 0 Å². The molecule has 0 heterocycles. The Morgan fingerprint density at radius 2 is 1.83 bits per heavy atom. The molecule has 0 saturated carbocycles. The molecule has 1 aromatic rings. The summed E-state index contributed by atoms with van der Waals surface area (Å²) in [6, 6.07) is 5.19. The van der Waals surface area contributed by atoms with E-state index >= 15 is 0 Å². The quantitative estimate of drug-likeness (QED) is 0.550. The molecule has 23 heavy (non-hydrogen) atoms. The van der Waals surface area contributed by atoms with Crippen molar-refractivity contribution in [3.63, 3.8) is 0 Å². The molecule has 2 amide bonds. The number of methoxy groups -OCH3 is 3. The zero-order chi connectivity index (χ0) is 17.2. The van der Waals surface area contributed by atoms with Crippen LogP contribution in [-0.4, -0.2) is 46.3 Å². The van der Waals surface area contributed by atoms with Gasteiger partial charge in [0.25, 0.3) is 5.91 Å². The van der Waals surface area contributed by atoms with E-state index in [-0.39, 0.29) is 11.6 Å². The van der Waals surface area contributed by atoms with Crippen LogP contribution in [-0.2, 0) is 14.3 Å². The molecule has 1 rings (SSSR count).